The predicted octanol–water partition coefficient (Wildman–Crippen LogP) is 4.15. The van der Waals surface area contributed by atoms with Gasteiger partial charge in [0, 0.05) is 20.7 Å². The number of nitriles is 1. The molecule has 0 atom stereocenters. The second kappa shape index (κ2) is 4.77. The zero-order chi connectivity index (χ0) is 11.5. The third-order valence-electron chi connectivity index (χ3n) is 2.05. The number of hydrogen-bond donors (Lipinski definition) is 0. The van der Waals surface area contributed by atoms with Crippen LogP contribution in [-0.2, 0) is 0 Å². The van der Waals surface area contributed by atoms with E-state index in [0.29, 0.717) is 5.56 Å². The van der Waals surface area contributed by atoms with Gasteiger partial charge in [-0.15, -0.1) is 0 Å². The summed E-state index contributed by atoms with van der Waals surface area (Å²) in [6.45, 7) is 0. The Bertz CT molecular complexity index is 536. The van der Waals surface area contributed by atoms with Crippen LogP contribution in [0.25, 0.3) is 11.3 Å². The molecule has 0 N–H and O–H groups in total. The first-order chi connectivity index (χ1) is 7.69. The maximum Gasteiger partial charge on any atom is 0.101 e. The Kier molecular flexibility index (Phi) is 3.37. The molecule has 0 unspecified atom stereocenters. The number of aromatic nitrogens is 1. The van der Waals surface area contributed by atoms with Gasteiger partial charge in [0.2, 0.25) is 0 Å². The highest BCUT2D eigenvalue weighted by Crippen LogP contribution is 2.26. The molecule has 78 valence electrons. The predicted molar refractivity (Wildman–Crippen MR) is 69.8 cm³/mol. The van der Waals surface area contributed by atoms with E-state index in [1.165, 1.54) is 0 Å². The first kappa shape index (κ1) is 11.3. The molecule has 16 heavy (non-hydrogen) atoms. The smallest absolute Gasteiger partial charge is 0.101 e. The Morgan fingerprint density at radius 1 is 1.06 bits per heavy atom. The van der Waals surface area contributed by atoms with E-state index in [9.17, 15) is 0 Å². The van der Waals surface area contributed by atoms with E-state index in [2.05, 4.69) is 36.8 Å². The number of pyridine rings is 1. The van der Waals surface area contributed by atoms with Gasteiger partial charge in [0.05, 0.1) is 11.3 Å². The first-order valence-electron chi connectivity index (χ1n) is 4.51. The molecule has 0 bridgehead atoms. The third-order valence-corrected chi connectivity index (χ3v) is 2.97. The Hall–Kier alpha value is -1.18. The first-order valence-corrected chi connectivity index (χ1v) is 6.10. The average Bonchev–Trinajstić information content (AvgIpc) is 2.28. The van der Waals surface area contributed by atoms with Gasteiger partial charge >= 0.3 is 0 Å². The second-order valence-corrected chi connectivity index (χ2v) is 5.03. The van der Waals surface area contributed by atoms with Crippen LogP contribution in [0.1, 0.15) is 5.56 Å². The van der Waals surface area contributed by atoms with Crippen molar-refractivity contribution in [3.05, 3.63) is 51.0 Å². The number of halogens is 2. The molecule has 4 heteroatoms. The lowest BCUT2D eigenvalue weighted by atomic mass is 10.1. The molecule has 2 rings (SSSR count). The van der Waals surface area contributed by atoms with Crippen molar-refractivity contribution in [1.29, 1.82) is 5.26 Å². The molecular formula is C12H6Br2N2. The quantitative estimate of drug-likeness (QED) is 0.784. The van der Waals surface area contributed by atoms with E-state index < -0.39 is 0 Å². The van der Waals surface area contributed by atoms with Crippen LogP contribution in [0.5, 0.6) is 0 Å². The van der Waals surface area contributed by atoms with E-state index in [4.69, 9.17) is 5.26 Å². The lowest BCUT2D eigenvalue weighted by Crippen LogP contribution is -1.85. The van der Waals surface area contributed by atoms with Crippen molar-refractivity contribution in [2.45, 2.75) is 0 Å². The van der Waals surface area contributed by atoms with Crippen LogP contribution < -0.4 is 0 Å². The highest BCUT2D eigenvalue weighted by Gasteiger charge is 2.02. The molecule has 0 saturated carbocycles. The Morgan fingerprint density at radius 2 is 1.75 bits per heavy atom. The summed E-state index contributed by atoms with van der Waals surface area (Å²) in [7, 11) is 0. The van der Waals surface area contributed by atoms with Gasteiger partial charge in [0.25, 0.3) is 0 Å². The zero-order valence-corrected chi connectivity index (χ0v) is 11.3. The number of rotatable bonds is 1. The normalized spacial score (nSPS) is 9.81. The molecular weight excluding hydrogens is 332 g/mol. The van der Waals surface area contributed by atoms with E-state index in [-0.39, 0.29) is 0 Å². The van der Waals surface area contributed by atoms with Crippen molar-refractivity contribution in [1.82, 2.24) is 4.98 Å². The van der Waals surface area contributed by atoms with Crippen molar-refractivity contribution in [3.8, 4) is 17.3 Å². The van der Waals surface area contributed by atoms with Gasteiger partial charge in [0.1, 0.15) is 6.07 Å². The zero-order valence-electron chi connectivity index (χ0n) is 8.11. The lowest BCUT2D eigenvalue weighted by molar-refractivity contribution is 1.30. The molecule has 0 amide bonds. The molecule has 1 aromatic heterocycles. The standard InChI is InChI=1S/C12H6Br2N2/c13-10-3-9(4-11(14)5-10)12-2-1-8(6-15)7-16-12/h1-5,7H. The molecule has 1 aromatic carbocycles. The van der Waals surface area contributed by atoms with Crippen molar-refractivity contribution in [2.75, 3.05) is 0 Å². The van der Waals surface area contributed by atoms with Crippen LogP contribution >= 0.6 is 31.9 Å². The van der Waals surface area contributed by atoms with Gasteiger partial charge in [-0.1, -0.05) is 31.9 Å². The number of benzene rings is 1. The second-order valence-electron chi connectivity index (χ2n) is 3.20. The molecule has 0 aliphatic carbocycles. The fraction of sp³-hybridized carbons (Fsp3) is 0. The minimum atomic E-state index is 0.567. The summed E-state index contributed by atoms with van der Waals surface area (Å²) in [5, 5.41) is 8.68. The largest absolute Gasteiger partial charge is 0.255 e. The molecule has 0 radical (unpaired) electrons. The monoisotopic (exact) mass is 336 g/mol. The van der Waals surface area contributed by atoms with Gasteiger partial charge in [-0.2, -0.15) is 5.26 Å². The molecule has 0 spiro atoms. The Morgan fingerprint density at radius 3 is 2.25 bits per heavy atom. The molecule has 2 nitrogen and oxygen atoms in total. The van der Waals surface area contributed by atoms with E-state index in [1.54, 1.807) is 12.3 Å². The Labute approximate surface area is 110 Å². The van der Waals surface area contributed by atoms with E-state index in [0.717, 1.165) is 20.2 Å². The summed E-state index contributed by atoms with van der Waals surface area (Å²) < 4.78 is 1.98. The summed E-state index contributed by atoms with van der Waals surface area (Å²) in [6.07, 6.45) is 1.57. The minimum Gasteiger partial charge on any atom is -0.255 e. The van der Waals surface area contributed by atoms with Crippen LogP contribution in [-0.4, -0.2) is 4.98 Å². The third kappa shape index (κ3) is 2.49. The fourth-order valence-electron chi connectivity index (χ4n) is 1.33. The average molecular weight is 338 g/mol. The summed E-state index contributed by atoms with van der Waals surface area (Å²) >= 11 is 6.86. The molecule has 1 heterocycles. The van der Waals surface area contributed by atoms with Crippen molar-refractivity contribution in [2.24, 2.45) is 0 Å². The highest BCUT2D eigenvalue weighted by atomic mass is 79.9. The molecule has 0 aliphatic rings. The highest BCUT2D eigenvalue weighted by molar-refractivity contribution is 9.11. The Balaban J connectivity index is 2.47. The van der Waals surface area contributed by atoms with Crippen LogP contribution in [0, 0.1) is 11.3 Å². The van der Waals surface area contributed by atoms with Crippen LogP contribution in [0.4, 0.5) is 0 Å². The minimum absolute atomic E-state index is 0.567. The maximum atomic E-state index is 8.68. The van der Waals surface area contributed by atoms with Crippen LogP contribution in [0.3, 0.4) is 0 Å². The SMILES string of the molecule is N#Cc1ccc(-c2cc(Br)cc(Br)c2)nc1. The van der Waals surface area contributed by atoms with Crippen molar-refractivity contribution >= 4 is 31.9 Å². The van der Waals surface area contributed by atoms with E-state index in [1.807, 2.05) is 30.3 Å². The summed E-state index contributed by atoms with van der Waals surface area (Å²) in [4.78, 5) is 4.24. The van der Waals surface area contributed by atoms with Gasteiger partial charge < -0.3 is 0 Å². The van der Waals surface area contributed by atoms with Gasteiger partial charge in [-0.05, 0) is 30.3 Å². The summed E-state index contributed by atoms with van der Waals surface area (Å²) in [5.41, 5.74) is 2.42. The van der Waals surface area contributed by atoms with Gasteiger partial charge in [-0.3, -0.25) is 4.98 Å². The molecule has 0 saturated heterocycles. The van der Waals surface area contributed by atoms with Crippen LogP contribution in [0.15, 0.2) is 45.5 Å². The topological polar surface area (TPSA) is 36.7 Å². The summed E-state index contributed by atoms with van der Waals surface area (Å²) in [5.74, 6) is 0. The number of nitrogens with zero attached hydrogens (tertiary/aromatic N) is 2. The molecule has 0 aliphatic heterocycles. The van der Waals surface area contributed by atoms with Gasteiger partial charge in [-0.25, -0.2) is 0 Å². The maximum absolute atomic E-state index is 8.68. The number of hydrogen-bond acceptors (Lipinski definition) is 2. The van der Waals surface area contributed by atoms with Crippen molar-refractivity contribution in [3.63, 3.8) is 0 Å². The molecule has 0 fully saturated rings. The van der Waals surface area contributed by atoms with Crippen LogP contribution in [0.2, 0.25) is 0 Å². The summed E-state index contributed by atoms with van der Waals surface area (Å²) in [6, 6.07) is 11.6. The van der Waals surface area contributed by atoms with E-state index >= 15 is 0 Å². The van der Waals surface area contributed by atoms with Gasteiger partial charge in [0.15, 0.2) is 0 Å². The lowest BCUT2D eigenvalue weighted by Gasteiger charge is -2.02. The molecule has 2 aromatic rings. The van der Waals surface area contributed by atoms with Crippen molar-refractivity contribution < 1.29 is 0 Å². The fourth-order valence-corrected chi connectivity index (χ4v) is 2.63.